The third-order valence-electron chi connectivity index (χ3n) is 5.60. The summed E-state index contributed by atoms with van der Waals surface area (Å²) in [5.41, 5.74) is 0.610. The fraction of sp³-hybridized carbons (Fsp3) is 0.600. The molecule has 5 aliphatic rings. The molecule has 1 saturated carbocycles. The van der Waals surface area contributed by atoms with E-state index in [9.17, 15) is 9.59 Å². The van der Waals surface area contributed by atoms with Gasteiger partial charge >= 0.3 is 11.9 Å². The molecular formula is C15H14O6. The zero-order chi connectivity index (χ0) is 14.5. The van der Waals surface area contributed by atoms with E-state index in [0.29, 0.717) is 17.6 Å². The number of hydrogen-bond acceptors (Lipinski definition) is 6. The van der Waals surface area contributed by atoms with Crippen LogP contribution in [0.25, 0.3) is 0 Å². The lowest BCUT2D eigenvalue weighted by Crippen LogP contribution is -2.51. The first kappa shape index (κ1) is 11.8. The second kappa shape index (κ2) is 3.32. The first-order chi connectivity index (χ1) is 10.0. The summed E-state index contributed by atoms with van der Waals surface area (Å²) >= 11 is 0. The van der Waals surface area contributed by atoms with E-state index < -0.39 is 6.10 Å². The van der Waals surface area contributed by atoms with Gasteiger partial charge in [-0.25, -0.2) is 9.59 Å². The minimum absolute atomic E-state index is 0.0956. The van der Waals surface area contributed by atoms with Crippen molar-refractivity contribution in [2.45, 2.75) is 37.9 Å². The van der Waals surface area contributed by atoms with Crippen LogP contribution in [0.3, 0.4) is 0 Å². The van der Waals surface area contributed by atoms with Crippen molar-refractivity contribution in [2.24, 2.45) is 17.3 Å². The predicted molar refractivity (Wildman–Crippen MR) is 66.4 cm³/mol. The average Bonchev–Trinajstić information content (AvgIpc) is 3.08. The van der Waals surface area contributed by atoms with Gasteiger partial charge in [-0.15, -0.1) is 0 Å². The molecule has 0 unspecified atom stereocenters. The van der Waals surface area contributed by atoms with Crippen molar-refractivity contribution >= 4 is 11.9 Å². The van der Waals surface area contributed by atoms with Crippen LogP contribution in [-0.2, 0) is 28.5 Å². The summed E-state index contributed by atoms with van der Waals surface area (Å²) in [7, 11) is 0. The van der Waals surface area contributed by atoms with Crippen molar-refractivity contribution in [3.8, 4) is 0 Å². The van der Waals surface area contributed by atoms with E-state index >= 15 is 0 Å². The first-order valence-corrected chi connectivity index (χ1v) is 7.12. The van der Waals surface area contributed by atoms with E-state index in [4.69, 9.17) is 18.9 Å². The van der Waals surface area contributed by atoms with E-state index in [1.165, 1.54) is 6.26 Å². The predicted octanol–water partition coefficient (Wildman–Crippen LogP) is 0.675. The number of hydrogen-bond donors (Lipinski definition) is 0. The van der Waals surface area contributed by atoms with Crippen LogP contribution in [0.5, 0.6) is 0 Å². The highest BCUT2D eigenvalue weighted by Gasteiger charge is 2.70. The maximum Gasteiger partial charge on any atom is 0.337 e. The molecule has 4 heterocycles. The van der Waals surface area contributed by atoms with Gasteiger partial charge in [0, 0.05) is 16.9 Å². The van der Waals surface area contributed by atoms with Crippen molar-refractivity contribution in [3.05, 3.63) is 24.0 Å². The van der Waals surface area contributed by atoms with Gasteiger partial charge in [0.1, 0.15) is 18.3 Å². The van der Waals surface area contributed by atoms with Gasteiger partial charge in [-0.05, 0) is 6.42 Å². The number of epoxide rings is 1. The van der Waals surface area contributed by atoms with E-state index in [-0.39, 0.29) is 47.7 Å². The first-order valence-electron chi connectivity index (χ1n) is 7.12. The lowest BCUT2D eigenvalue weighted by molar-refractivity contribution is -0.150. The zero-order valence-corrected chi connectivity index (χ0v) is 11.4. The largest absolute Gasteiger partial charge is 0.469 e. The van der Waals surface area contributed by atoms with Gasteiger partial charge in [0.25, 0.3) is 0 Å². The Morgan fingerprint density at radius 2 is 2.10 bits per heavy atom. The second-order valence-electron chi connectivity index (χ2n) is 6.69. The maximum atomic E-state index is 12.2. The van der Waals surface area contributed by atoms with Crippen LogP contribution in [0.4, 0.5) is 0 Å². The number of esters is 2. The molecule has 0 aromatic heterocycles. The molecule has 0 bridgehead atoms. The molecule has 0 radical (unpaired) electrons. The van der Waals surface area contributed by atoms with Gasteiger partial charge in [-0.3, -0.25) is 0 Å². The maximum absolute atomic E-state index is 12.2. The van der Waals surface area contributed by atoms with Crippen LogP contribution in [0.15, 0.2) is 24.0 Å². The van der Waals surface area contributed by atoms with Gasteiger partial charge in [0.05, 0.1) is 17.8 Å². The van der Waals surface area contributed by atoms with Crippen molar-refractivity contribution in [3.63, 3.8) is 0 Å². The fourth-order valence-electron chi connectivity index (χ4n) is 4.58. The van der Waals surface area contributed by atoms with Crippen LogP contribution < -0.4 is 0 Å². The Balaban J connectivity index is 1.67. The van der Waals surface area contributed by atoms with Crippen molar-refractivity contribution in [2.75, 3.05) is 0 Å². The molecule has 0 spiro atoms. The van der Waals surface area contributed by atoms with Crippen LogP contribution in [0, 0.1) is 17.3 Å². The monoisotopic (exact) mass is 290 g/mol. The van der Waals surface area contributed by atoms with E-state index in [0.717, 1.165) is 0 Å². The van der Waals surface area contributed by atoms with E-state index in [2.05, 4.69) is 13.5 Å². The Labute approximate surface area is 120 Å². The molecule has 5 rings (SSSR count). The van der Waals surface area contributed by atoms with Gasteiger partial charge in [-0.1, -0.05) is 13.5 Å². The molecule has 0 aromatic carbocycles. The Kier molecular flexibility index (Phi) is 1.87. The Morgan fingerprint density at radius 1 is 1.29 bits per heavy atom. The molecule has 3 saturated heterocycles. The molecule has 6 heteroatoms. The molecule has 0 N–H and O–H groups in total. The zero-order valence-electron chi connectivity index (χ0n) is 11.4. The van der Waals surface area contributed by atoms with E-state index in [1.54, 1.807) is 0 Å². The summed E-state index contributed by atoms with van der Waals surface area (Å²) < 4.78 is 22.1. The van der Waals surface area contributed by atoms with E-state index in [1.807, 2.05) is 0 Å². The molecule has 1 aliphatic carbocycles. The van der Waals surface area contributed by atoms with Crippen LogP contribution in [-0.4, -0.2) is 36.5 Å². The Bertz CT molecular complexity index is 636. The normalized spacial score (nSPS) is 52.6. The molecule has 110 valence electrons. The molecule has 0 amide bonds. The highest BCUT2D eigenvalue weighted by Crippen LogP contribution is 2.62. The molecule has 6 nitrogen and oxygen atoms in total. The van der Waals surface area contributed by atoms with Gasteiger partial charge in [-0.2, -0.15) is 0 Å². The minimum Gasteiger partial charge on any atom is -0.469 e. The summed E-state index contributed by atoms with van der Waals surface area (Å²) in [5, 5.41) is 0. The molecule has 4 fully saturated rings. The van der Waals surface area contributed by atoms with Crippen LogP contribution >= 0.6 is 0 Å². The number of carbonyl (C=O) groups excluding carboxylic acids is 2. The lowest BCUT2D eigenvalue weighted by atomic mass is 9.58. The van der Waals surface area contributed by atoms with Gasteiger partial charge in [0.2, 0.25) is 6.29 Å². The summed E-state index contributed by atoms with van der Waals surface area (Å²) in [6.07, 6.45) is 0.982. The SMILES string of the molecule is C=C1C(=O)O[C@H]2C[C@]3(C)[C@H]4O[C@H]4OC=C4C(=O)O[C@H]([C@H]12)[C@H]43. The highest BCUT2D eigenvalue weighted by molar-refractivity contribution is 5.94. The summed E-state index contributed by atoms with van der Waals surface area (Å²) in [5.74, 6) is -1.16. The van der Waals surface area contributed by atoms with Crippen molar-refractivity contribution in [1.29, 1.82) is 0 Å². The Hall–Kier alpha value is -1.82. The second-order valence-corrected chi connectivity index (χ2v) is 6.69. The quantitative estimate of drug-likeness (QED) is 0.371. The molecule has 21 heavy (non-hydrogen) atoms. The van der Waals surface area contributed by atoms with Crippen LogP contribution in [0.2, 0.25) is 0 Å². The molecule has 4 aliphatic heterocycles. The summed E-state index contributed by atoms with van der Waals surface area (Å²) in [4.78, 5) is 24.0. The minimum atomic E-state index is -0.419. The van der Waals surface area contributed by atoms with Gasteiger partial charge in [0.15, 0.2) is 0 Å². The average molecular weight is 290 g/mol. The van der Waals surface area contributed by atoms with Crippen LogP contribution in [0.1, 0.15) is 13.3 Å². The topological polar surface area (TPSA) is 74.4 Å². The lowest BCUT2D eigenvalue weighted by Gasteiger charge is -2.44. The standard InChI is InChI=1S/C15H14O6/c1-5-8-7(19-12(5)16)3-15(2)9-6(13(17)20-10(8)9)4-18-14-11(15)21-14/h4,7-11,14H,1,3H2,2H3/t7-,8+,9-,10+,11-,14+,15-/m0/s1. The summed E-state index contributed by atoms with van der Waals surface area (Å²) in [6.45, 7) is 5.89. The Morgan fingerprint density at radius 3 is 2.90 bits per heavy atom. The molecule has 7 atom stereocenters. The number of ether oxygens (including phenoxy) is 4. The number of carbonyl (C=O) groups is 2. The number of rotatable bonds is 0. The summed E-state index contributed by atoms with van der Waals surface area (Å²) in [6, 6.07) is 0. The molecule has 0 aromatic rings. The number of fused-ring (bicyclic) bond motifs is 4. The van der Waals surface area contributed by atoms with Crippen molar-refractivity contribution in [1.82, 2.24) is 0 Å². The highest BCUT2D eigenvalue weighted by atomic mass is 16.8. The molecular weight excluding hydrogens is 276 g/mol. The fourth-order valence-corrected chi connectivity index (χ4v) is 4.58. The smallest absolute Gasteiger partial charge is 0.337 e. The van der Waals surface area contributed by atoms with Gasteiger partial charge < -0.3 is 18.9 Å². The third-order valence-corrected chi connectivity index (χ3v) is 5.60. The van der Waals surface area contributed by atoms with Crippen molar-refractivity contribution < 1.29 is 28.5 Å². The third kappa shape index (κ3) is 1.23.